The lowest BCUT2D eigenvalue weighted by molar-refractivity contribution is -0.129. The first kappa shape index (κ1) is 18.0. The Hall–Kier alpha value is -3.08. The summed E-state index contributed by atoms with van der Waals surface area (Å²) in [5.74, 6) is -0.0202. The Labute approximate surface area is 134 Å². The van der Waals surface area contributed by atoms with Crippen LogP contribution in [-0.2, 0) is 9.53 Å². The van der Waals surface area contributed by atoms with Gasteiger partial charge in [-0.15, -0.1) is 13.2 Å². The van der Waals surface area contributed by atoms with Gasteiger partial charge in [0, 0.05) is 11.6 Å². The van der Waals surface area contributed by atoms with Crippen molar-refractivity contribution in [2.45, 2.75) is 0 Å². The summed E-state index contributed by atoms with van der Waals surface area (Å²) in [6.07, 6.45) is 0. The standard InChI is InChI=1S/C16H14O5.C2H4/c17-11-20-8-9-21-13-6-7-14(15(18)10-13)16(19)12-4-2-1-3-5-12;1-2/h1-7,10-11,18H,8-9H2;1-2H2. The molecule has 0 aliphatic heterocycles. The predicted octanol–water partition coefficient (Wildman–Crippen LogP) is 2.98. The van der Waals surface area contributed by atoms with E-state index in [-0.39, 0.29) is 30.3 Å². The molecule has 5 heteroatoms. The second-order valence-corrected chi connectivity index (χ2v) is 4.19. The number of hydrogen-bond acceptors (Lipinski definition) is 5. The van der Waals surface area contributed by atoms with E-state index in [2.05, 4.69) is 17.9 Å². The number of ketones is 1. The number of hydrogen-bond donors (Lipinski definition) is 1. The fourth-order valence-corrected chi connectivity index (χ4v) is 1.79. The monoisotopic (exact) mass is 314 g/mol. The van der Waals surface area contributed by atoms with E-state index in [0.717, 1.165) is 0 Å². The minimum atomic E-state index is -0.260. The molecule has 5 nitrogen and oxygen atoms in total. The second-order valence-electron chi connectivity index (χ2n) is 4.19. The SMILES string of the molecule is C=C.O=COCCOc1ccc(C(=O)c2ccccc2)c(O)c1. The van der Waals surface area contributed by atoms with E-state index >= 15 is 0 Å². The highest BCUT2D eigenvalue weighted by Gasteiger charge is 2.13. The molecule has 0 bridgehead atoms. The Morgan fingerprint density at radius 1 is 1.09 bits per heavy atom. The van der Waals surface area contributed by atoms with E-state index in [1.165, 1.54) is 12.1 Å². The van der Waals surface area contributed by atoms with Crippen LogP contribution in [0.5, 0.6) is 11.5 Å². The minimum absolute atomic E-state index is 0.120. The normalized spacial score (nSPS) is 9.22. The summed E-state index contributed by atoms with van der Waals surface area (Å²) < 4.78 is 9.76. The number of carbonyl (C=O) groups excluding carboxylic acids is 2. The van der Waals surface area contributed by atoms with Crippen LogP contribution in [0.1, 0.15) is 15.9 Å². The number of benzene rings is 2. The summed E-state index contributed by atoms with van der Waals surface area (Å²) in [5.41, 5.74) is 0.707. The molecule has 0 amide bonds. The molecule has 0 aromatic heterocycles. The summed E-state index contributed by atoms with van der Waals surface area (Å²) in [5, 5.41) is 9.94. The molecule has 0 fully saturated rings. The van der Waals surface area contributed by atoms with Gasteiger partial charge in [-0.1, -0.05) is 30.3 Å². The zero-order chi connectivity index (χ0) is 17.1. The molecule has 0 saturated carbocycles. The minimum Gasteiger partial charge on any atom is -0.507 e. The lowest BCUT2D eigenvalue weighted by Crippen LogP contribution is -2.06. The number of aromatic hydroxyl groups is 1. The summed E-state index contributed by atoms with van der Waals surface area (Å²) >= 11 is 0. The molecule has 1 N–H and O–H groups in total. The zero-order valence-electron chi connectivity index (χ0n) is 12.6. The predicted molar refractivity (Wildman–Crippen MR) is 86.7 cm³/mol. The van der Waals surface area contributed by atoms with E-state index < -0.39 is 0 Å². The topological polar surface area (TPSA) is 72.8 Å². The van der Waals surface area contributed by atoms with Gasteiger partial charge < -0.3 is 14.6 Å². The largest absolute Gasteiger partial charge is 0.507 e. The molecule has 0 radical (unpaired) electrons. The molecule has 0 aliphatic rings. The van der Waals surface area contributed by atoms with Crippen LogP contribution >= 0.6 is 0 Å². The zero-order valence-corrected chi connectivity index (χ0v) is 12.6. The Bertz CT molecular complexity index is 637. The van der Waals surface area contributed by atoms with Crippen molar-refractivity contribution in [3.05, 3.63) is 72.8 Å². The van der Waals surface area contributed by atoms with Gasteiger partial charge in [0.25, 0.3) is 6.47 Å². The highest BCUT2D eigenvalue weighted by atomic mass is 16.5. The molecule has 2 aromatic carbocycles. The van der Waals surface area contributed by atoms with Gasteiger partial charge in [-0.05, 0) is 12.1 Å². The third-order valence-electron chi connectivity index (χ3n) is 2.79. The van der Waals surface area contributed by atoms with Gasteiger partial charge in [-0.3, -0.25) is 9.59 Å². The van der Waals surface area contributed by atoms with Crippen molar-refractivity contribution in [1.29, 1.82) is 0 Å². The summed E-state index contributed by atoms with van der Waals surface area (Å²) in [4.78, 5) is 22.2. The van der Waals surface area contributed by atoms with Gasteiger partial charge in [-0.2, -0.15) is 0 Å². The Morgan fingerprint density at radius 2 is 1.78 bits per heavy atom. The van der Waals surface area contributed by atoms with Crippen LogP contribution in [-0.4, -0.2) is 30.6 Å². The number of carbonyl (C=O) groups is 2. The number of phenols is 1. The lowest BCUT2D eigenvalue weighted by atomic mass is 10.0. The van der Waals surface area contributed by atoms with Crippen molar-refractivity contribution in [3.63, 3.8) is 0 Å². The first-order valence-electron chi connectivity index (χ1n) is 6.83. The number of ether oxygens (including phenoxy) is 2. The molecule has 120 valence electrons. The Morgan fingerprint density at radius 3 is 2.39 bits per heavy atom. The van der Waals surface area contributed by atoms with E-state index in [0.29, 0.717) is 17.8 Å². The fourth-order valence-electron chi connectivity index (χ4n) is 1.79. The number of phenolic OH excluding ortho intramolecular Hbond substituents is 1. The molecule has 2 rings (SSSR count). The van der Waals surface area contributed by atoms with E-state index in [4.69, 9.17) is 4.74 Å². The molecule has 0 unspecified atom stereocenters. The molecule has 0 spiro atoms. The van der Waals surface area contributed by atoms with E-state index in [1.54, 1.807) is 30.3 Å². The van der Waals surface area contributed by atoms with Gasteiger partial charge in [0.1, 0.15) is 24.7 Å². The van der Waals surface area contributed by atoms with Crippen molar-refractivity contribution in [2.24, 2.45) is 0 Å². The summed E-state index contributed by atoms with van der Waals surface area (Å²) in [6.45, 7) is 6.63. The molecular formula is C18H18O5. The average Bonchev–Trinajstić information content (AvgIpc) is 2.61. The van der Waals surface area contributed by atoms with Gasteiger partial charge in [0.15, 0.2) is 5.78 Å². The summed E-state index contributed by atoms with van der Waals surface area (Å²) in [6, 6.07) is 13.1. The van der Waals surface area contributed by atoms with Crippen molar-refractivity contribution in [3.8, 4) is 11.5 Å². The molecule has 2 aromatic rings. The highest BCUT2D eigenvalue weighted by Crippen LogP contribution is 2.25. The molecular weight excluding hydrogens is 296 g/mol. The third kappa shape index (κ3) is 5.32. The van der Waals surface area contributed by atoms with Crippen LogP contribution < -0.4 is 4.74 Å². The molecule has 23 heavy (non-hydrogen) atoms. The van der Waals surface area contributed by atoms with E-state index in [9.17, 15) is 14.7 Å². The maximum atomic E-state index is 12.2. The van der Waals surface area contributed by atoms with Crippen molar-refractivity contribution >= 4 is 12.3 Å². The van der Waals surface area contributed by atoms with Crippen LogP contribution in [0.15, 0.2) is 61.7 Å². The van der Waals surface area contributed by atoms with Gasteiger partial charge in [0.2, 0.25) is 0 Å². The number of rotatable bonds is 7. The van der Waals surface area contributed by atoms with Crippen LogP contribution in [0, 0.1) is 0 Å². The first-order chi connectivity index (χ1) is 11.2. The second kappa shape index (κ2) is 9.78. The molecule has 0 saturated heterocycles. The van der Waals surface area contributed by atoms with Crippen molar-refractivity contribution < 1.29 is 24.2 Å². The maximum absolute atomic E-state index is 12.2. The van der Waals surface area contributed by atoms with Crippen LogP contribution in [0.3, 0.4) is 0 Å². The lowest BCUT2D eigenvalue weighted by Gasteiger charge is -2.08. The Kier molecular flexibility index (Phi) is 7.64. The van der Waals surface area contributed by atoms with Crippen molar-refractivity contribution in [2.75, 3.05) is 13.2 Å². The first-order valence-corrected chi connectivity index (χ1v) is 6.83. The highest BCUT2D eigenvalue weighted by molar-refractivity contribution is 6.10. The fraction of sp³-hybridized carbons (Fsp3) is 0.111. The van der Waals surface area contributed by atoms with E-state index in [1.807, 2.05) is 6.07 Å². The Balaban J connectivity index is 0.00000127. The van der Waals surface area contributed by atoms with Crippen molar-refractivity contribution in [1.82, 2.24) is 0 Å². The van der Waals surface area contributed by atoms with Gasteiger partial charge in [-0.25, -0.2) is 0 Å². The van der Waals surface area contributed by atoms with Crippen LogP contribution in [0.25, 0.3) is 0 Å². The van der Waals surface area contributed by atoms with Gasteiger partial charge >= 0.3 is 0 Å². The third-order valence-corrected chi connectivity index (χ3v) is 2.79. The smallest absolute Gasteiger partial charge is 0.293 e. The molecule has 0 atom stereocenters. The van der Waals surface area contributed by atoms with Crippen LogP contribution in [0.2, 0.25) is 0 Å². The maximum Gasteiger partial charge on any atom is 0.293 e. The molecule has 0 aliphatic carbocycles. The average molecular weight is 314 g/mol. The summed E-state index contributed by atoms with van der Waals surface area (Å²) in [7, 11) is 0. The quantitative estimate of drug-likeness (QED) is 0.368. The van der Waals surface area contributed by atoms with Crippen LogP contribution in [0.4, 0.5) is 0 Å². The van der Waals surface area contributed by atoms with Gasteiger partial charge in [0.05, 0.1) is 5.56 Å². The molecule has 0 heterocycles.